The highest BCUT2D eigenvalue weighted by atomic mass is 35.5. The van der Waals surface area contributed by atoms with Crippen molar-refractivity contribution in [3.05, 3.63) is 118 Å². The number of anilines is 2. The van der Waals surface area contributed by atoms with Gasteiger partial charge in [0, 0.05) is 16.3 Å². The van der Waals surface area contributed by atoms with E-state index in [2.05, 4.69) is 10.6 Å². The van der Waals surface area contributed by atoms with Crippen molar-refractivity contribution < 1.29 is 23.5 Å². The number of carbonyl (C=O) groups is 3. The number of ether oxygens (including phenoxy) is 1. The van der Waals surface area contributed by atoms with E-state index in [1.165, 1.54) is 6.26 Å². The summed E-state index contributed by atoms with van der Waals surface area (Å²) < 4.78 is 10.6. The summed E-state index contributed by atoms with van der Waals surface area (Å²) in [6, 6.07) is 24.2. The highest BCUT2D eigenvalue weighted by molar-refractivity contribution is 8.04. The Balaban J connectivity index is 1.42. The van der Waals surface area contributed by atoms with Crippen LogP contribution < -0.4 is 15.4 Å². The predicted molar refractivity (Wildman–Crippen MR) is 150 cm³/mol. The molecule has 0 radical (unpaired) electrons. The Morgan fingerprint density at radius 3 is 2.46 bits per heavy atom. The second-order valence-electron chi connectivity index (χ2n) is 8.40. The Morgan fingerprint density at radius 1 is 0.949 bits per heavy atom. The topological polar surface area (TPSA) is 101 Å². The van der Waals surface area contributed by atoms with E-state index in [0.717, 1.165) is 16.7 Å². The van der Waals surface area contributed by atoms with Gasteiger partial charge in [-0.2, -0.15) is 0 Å². The van der Waals surface area contributed by atoms with Crippen molar-refractivity contribution in [3.63, 3.8) is 0 Å². The number of thioether (sulfide) groups is 1. The Kier molecular flexibility index (Phi) is 7.72. The fraction of sp³-hybridized carbons (Fsp3) is 0.0690. The molecule has 3 aromatic carbocycles. The maximum Gasteiger partial charge on any atom is 0.278 e. The van der Waals surface area contributed by atoms with Crippen molar-refractivity contribution >= 4 is 52.5 Å². The first-order valence-electron chi connectivity index (χ1n) is 11.8. The molecule has 4 aromatic rings. The molecule has 5 rings (SSSR count). The lowest BCUT2D eigenvalue weighted by molar-refractivity contribution is -0.138. The van der Waals surface area contributed by atoms with Gasteiger partial charge in [-0.3, -0.25) is 19.3 Å². The number of methoxy groups -OCH3 is 1. The van der Waals surface area contributed by atoms with Crippen molar-refractivity contribution in [2.45, 2.75) is 11.4 Å². The Bertz CT molecular complexity index is 1570. The van der Waals surface area contributed by atoms with Gasteiger partial charge in [-0.1, -0.05) is 41.6 Å². The number of nitrogens with one attached hydrogen (secondary N) is 2. The zero-order valence-corrected chi connectivity index (χ0v) is 22.2. The zero-order chi connectivity index (χ0) is 27.4. The van der Waals surface area contributed by atoms with Crippen LogP contribution in [0.4, 0.5) is 11.4 Å². The van der Waals surface area contributed by atoms with Crippen LogP contribution in [0.1, 0.15) is 16.1 Å². The molecule has 0 fully saturated rings. The Labute approximate surface area is 233 Å². The quantitative estimate of drug-likeness (QED) is 0.236. The third-order valence-electron chi connectivity index (χ3n) is 5.81. The van der Waals surface area contributed by atoms with Gasteiger partial charge in [0.2, 0.25) is 0 Å². The summed E-state index contributed by atoms with van der Waals surface area (Å²) in [7, 11) is 1.57. The van der Waals surface area contributed by atoms with Crippen LogP contribution in [0.3, 0.4) is 0 Å². The molecule has 0 bridgehead atoms. The largest absolute Gasteiger partial charge is 0.497 e. The molecule has 1 aromatic heterocycles. The molecule has 1 aliphatic heterocycles. The van der Waals surface area contributed by atoms with E-state index in [4.69, 9.17) is 20.8 Å². The molecule has 8 nitrogen and oxygen atoms in total. The number of rotatable bonds is 9. The maximum absolute atomic E-state index is 13.5. The number of imide groups is 1. The first-order valence-corrected chi connectivity index (χ1v) is 13.0. The first kappa shape index (κ1) is 26.1. The average Bonchev–Trinajstić information content (AvgIpc) is 3.53. The van der Waals surface area contributed by atoms with E-state index in [-0.39, 0.29) is 23.1 Å². The number of furan rings is 1. The Morgan fingerprint density at radius 2 is 1.74 bits per heavy atom. The molecule has 0 unspecified atom stereocenters. The lowest BCUT2D eigenvalue weighted by Crippen LogP contribution is -2.31. The van der Waals surface area contributed by atoms with Gasteiger partial charge in [0.05, 0.1) is 30.5 Å². The van der Waals surface area contributed by atoms with Gasteiger partial charge in [-0.25, -0.2) is 0 Å². The van der Waals surface area contributed by atoms with E-state index in [1.807, 2.05) is 0 Å². The summed E-state index contributed by atoms with van der Waals surface area (Å²) in [5.41, 5.74) is 1.62. The fourth-order valence-electron chi connectivity index (χ4n) is 3.88. The highest BCUT2D eigenvalue weighted by Gasteiger charge is 2.39. The van der Waals surface area contributed by atoms with E-state index >= 15 is 0 Å². The molecule has 1 aliphatic rings. The summed E-state index contributed by atoms with van der Waals surface area (Å²) in [6.45, 7) is -0.00352. The molecule has 0 saturated heterocycles. The van der Waals surface area contributed by atoms with Crippen molar-refractivity contribution in [2.75, 3.05) is 17.7 Å². The van der Waals surface area contributed by atoms with Crippen LogP contribution >= 0.6 is 23.4 Å². The highest BCUT2D eigenvalue weighted by Crippen LogP contribution is 2.37. The molecule has 0 atom stereocenters. The molecule has 39 heavy (non-hydrogen) atoms. The van der Waals surface area contributed by atoms with E-state index in [9.17, 15) is 14.4 Å². The van der Waals surface area contributed by atoms with Crippen molar-refractivity contribution in [2.24, 2.45) is 0 Å². The first-order chi connectivity index (χ1) is 18.9. The van der Waals surface area contributed by atoms with Crippen LogP contribution in [-0.4, -0.2) is 29.7 Å². The monoisotopic (exact) mass is 559 g/mol. The number of carbonyl (C=O) groups excluding carboxylic acids is 3. The van der Waals surface area contributed by atoms with Crippen LogP contribution in [0.15, 0.2) is 111 Å². The van der Waals surface area contributed by atoms with Crippen LogP contribution in [0.5, 0.6) is 5.75 Å². The number of hydrogen-bond donors (Lipinski definition) is 2. The van der Waals surface area contributed by atoms with E-state index in [1.54, 1.807) is 92.0 Å². The van der Waals surface area contributed by atoms with Crippen molar-refractivity contribution in [1.29, 1.82) is 0 Å². The van der Waals surface area contributed by atoms with Gasteiger partial charge in [0.1, 0.15) is 22.1 Å². The molecular weight excluding hydrogens is 538 g/mol. The summed E-state index contributed by atoms with van der Waals surface area (Å²) in [5, 5.41) is 6.27. The number of amides is 3. The zero-order valence-electron chi connectivity index (χ0n) is 20.6. The van der Waals surface area contributed by atoms with Gasteiger partial charge >= 0.3 is 0 Å². The molecule has 10 heteroatoms. The van der Waals surface area contributed by atoms with E-state index in [0.29, 0.717) is 38.4 Å². The predicted octanol–water partition coefficient (Wildman–Crippen LogP) is 6.18. The second-order valence-corrected chi connectivity index (χ2v) is 9.89. The molecular formula is C29H22ClN3O5S. The van der Waals surface area contributed by atoms with E-state index < -0.39 is 11.8 Å². The van der Waals surface area contributed by atoms with Crippen LogP contribution in [-0.2, 0) is 16.1 Å². The van der Waals surface area contributed by atoms with Crippen molar-refractivity contribution in [1.82, 2.24) is 4.90 Å². The molecule has 2 heterocycles. The average molecular weight is 560 g/mol. The van der Waals surface area contributed by atoms with Gasteiger partial charge in [0.15, 0.2) is 0 Å². The minimum Gasteiger partial charge on any atom is -0.497 e. The SMILES string of the molecule is COc1ccc(NC2=C(Sc3cccc(NC(=O)c4ccccc4Cl)c3)C(=O)N(Cc3ccco3)C2=O)cc1. The summed E-state index contributed by atoms with van der Waals surface area (Å²) in [4.78, 5) is 41.6. The minimum absolute atomic E-state index is 0.00352. The molecule has 2 N–H and O–H groups in total. The molecule has 0 spiro atoms. The number of halogens is 1. The lowest BCUT2D eigenvalue weighted by Gasteiger charge is -2.13. The van der Waals surface area contributed by atoms with Gasteiger partial charge in [-0.15, -0.1) is 0 Å². The number of nitrogens with zero attached hydrogens (tertiary/aromatic N) is 1. The number of hydrogen-bond acceptors (Lipinski definition) is 7. The van der Waals surface area contributed by atoms with Crippen molar-refractivity contribution in [3.8, 4) is 5.75 Å². The molecule has 196 valence electrons. The molecule has 0 saturated carbocycles. The van der Waals surface area contributed by atoms with Crippen LogP contribution in [0, 0.1) is 0 Å². The minimum atomic E-state index is -0.474. The third-order valence-corrected chi connectivity index (χ3v) is 7.21. The summed E-state index contributed by atoms with van der Waals surface area (Å²) in [6.07, 6.45) is 1.49. The Hall–Kier alpha value is -4.47. The molecule has 0 aliphatic carbocycles. The summed E-state index contributed by atoms with van der Waals surface area (Å²) >= 11 is 7.28. The van der Waals surface area contributed by atoms with Crippen LogP contribution in [0.2, 0.25) is 5.02 Å². The normalized spacial score (nSPS) is 13.1. The van der Waals surface area contributed by atoms with Gasteiger partial charge in [0.25, 0.3) is 17.7 Å². The van der Waals surface area contributed by atoms with Crippen LogP contribution in [0.25, 0.3) is 0 Å². The smallest absolute Gasteiger partial charge is 0.278 e. The fourth-order valence-corrected chi connectivity index (χ4v) is 5.11. The lowest BCUT2D eigenvalue weighted by atomic mass is 10.2. The summed E-state index contributed by atoms with van der Waals surface area (Å²) in [5.74, 6) is -0.148. The molecule has 3 amide bonds. The van der Waals surface area contributed by atoms with Gasteiger partial charge in [-0.05, 0) is 66.7 Å². The maximum atomic E-state index is 13.5. The third kappa shape index (κ3) is 5.84. The van der Waals surface area contributed by atoms with Gasteiger partial charge < -0.3 is 19.8 Å². The standard InChI is InChI=1S/C29H22ClN3O5S/c1-37-20-13-11-18(12-14-20)31-25-26(29(36)33(28(25)35)17-21-7-5-15-38-21)39-22-8-4-6-19(16-22)32-27(34)23-9-2-3-10-24(23)30/h2-16,31H,17H2,1H3,(H,32,34). The number of benzene rings is 3. The second kappa shape index (κ2) is 11.5.